The van der Waals surface area contributed by atoms with Gasteiger partial charge in [0.2, 0.25) is 0 Å². The lowest BCUT2D eigenvalue weighted by Crippen LogP contribution is -2.30. The zero-order valence-corrected chi connectivity index (χ0v) is 16.3. The average molecular weight is 385 g/mol. The van der Waals surface area contributed by atoms with Crippen LogP contribution in [0.2, 0.25) is 0 Å². The zero-order valence-electron chi connectivity index (χ0n) is 15.5. The third-order valence-corrected chi connectivity index (χ3v) is 5.70. The topological polar surface area (TPSA) is 37.4 Å². The lowest BCUT2D eigenvalue weighted by Gasteiger charge is -2.15. The number of hydrogen-bond acceptors (Lipinski definition) is 3. The van der Waals surface area contributed by atoms with Gasteiger partial charge in [-0.25, -0.2) is 0 Å². The van der Waals surface area contributed by atoms with Crippen LogP contribution in [0.4, 0.5) is 0 Å². The number of thioether (sulfide) groups is 1. The lowest BCUT2D eigenvalue weighted by atomic mass is 10.0. The van der Waals surface area contributed by atoms with Gasteiger partial charge in [0.05, 0.1) is 17.0 Å². The first-order chi connectivity index (χ1) is 13.6. The van der Waals surface area contributed by atoms with Gasteiger partial charge in [0.25, 0.3) is 11.8 Å². The van der Waals surface area contributed by atoms with Gasteiger partial charge in [-0.1, -0.05) is 90.1 Å². The largest absolute Gasteiger partial charge is 0.269 e. The van der Waals surface area contributed by atoms with E-state index in [4.69, 9.17) is 0 Å². The summed E-state index contributed by atoms with van der Waals surface area (Å²) < 4.78 is 0. The molecule has 3 aromatic rings. The molecule has 3 aromatic carbocycles. The molecule has 4 heteroatoms. The first-order valence-corrected chi connectivity index (χ1v) is 9.89. The van der Waals surface area contributed by atoms with Crippen LogP contribution < -0.4 is 0 Å². The van der Waals surface area contributed by atoms with Gasteiger partial charge in [-0.15, -0.1) is 0 Å². The van der Waals surface area contributed by atoms with Crippen molar-refractivity contribution in [2.45, 2.75) is 18.4 Å². The van der Waals surface area contributed by atoms with Gasteiger partial charge in [0.1, 0.15) is 0 Å². The lowest BCUT2D eigenvalue weighted by molar-refractivity contribution is -0.137. The summed E-state index contributed by atoms with van der Waals surface area (Å²) >= 11 is 1.35. The molecule has 0 fully saturated rings. The highest BCUT2D eigenvalue weighted by Gasteiger charge is 2.39. The first kappa shape index (κ1) is 18.3. The maximum absolute atomic E-state index is 13.2. The molecule has 0 saturated heterocycles. The molecule has 0 aromatic heterocycles. The Morgan fingerprint density at radius 3 is 2.00 bits per heavy atom. The van der Waals surface area contributed by atoms with Gasteiger partial charge < -0.3 is 0 Å². The van der Waals surface area contributed by atoms with Crippen LogP contribution in [0.25, 0.3) is 5.57 Å². The molecule has 0 bridgehead atoms. The minimum atomic E-state index is -0.240. The van der Waals surface area contributed by atoms with Crippen LogP contribution in [-0.4, -0.2) is 16.7 Å². The van der Waals surface area contributed by atoms with Gasteiger partial charge in [0.15, 0.2) is 0 Å². The van der Waals surface area contributed by atoms with Crippen molar-refractivity contribution in [1.82, 2.24) is 4.90 Å². The maximum atomic E-state index is 13.2. The molecule has 1 aliphatic rings. The van der Waals surface area contributed by atoms with Crippen molar-refractivity contribution in [3.05, 3.63) is 107 Å². The minimum absolute atomic E-state index is 0.238. The molecule has 1 aliphatic heterocycles. The van der Waals surface area contributed by atoms with Crippen molar-refractivity contribution in [3.8, 4) is 0 Å². The number of imide groups is 1. The number of hydrogen-bond donors (Lipinski definition) is 0. The van der Waals surface area contributed by atoms with E-state index in [9.17, 15) is 9.59 Å². The molecule has 0 unspecified atom stereocenters. The molecule has 0 spiro atoms. The quantitative estimate of drug-likeness (QED) is 0.576. The number of nitrogens with zero attached hydrogens (tertiary/aromatic N) is 1. The molecule has 0 radical (unpaired) electrons. The van der Waals surface area contributed by atoms with E-state index >= 15 is 0 Å². The van der Waals surface area contributed by atoms with E-state index in [0.29, 0.717) is 10.5 Å². The van der Waals surface area contributed by atoms with Crippen molar-refractivity contribution in [2.24, 2.45) is 0 Å². The van der Waals surface area contributed by atoms with Crippen LogP contribution in [-0.2, 0) is 16.1 Å². The van der Waals surface area contributed by atoms with Crippen LogP contribution in [0.5, 0.6) is 0 Å². The molecule has 1 heterocycles. The molecule has 0 atom stereocenters. The predicted molar refractivity (Wildman–Crippen MR) is 112 cm³/mol. The summed E-state index contributed by atoms with van der Waals surface area (Å²) in [5.41, 5.74) is 3.30. The predicted octanol–water partition coefficient (Wildman–Crippen LogP) is 5.07. The Kier molecular flexibility index (Phi) is 5.13. The average Bonchev–Trinajstić information content (AvgIpc) is 2.95. The fourth-order valence-electron chi connectivity index (χ4n) is 3.14. The Labute approximate surface area is 168 Å². The highest BCUT2D eigenvalue weighted by molar-refractivity contribution is 8.04. The number of carbonyl (C=O) groups is 2. The SMILES string of the molecule is Cc1ccc(C2=C(Sc3ccccc3)C(=O)N(Cc3ccccc3)C2=O)cc1. The van der Waals surface area contributed by atoms with E-state index in [-0.39, 0.29) is 18.4 Å². The van der Waals surface area contributed by atoms with E-state index in [1.165, 1.54) is 16.7 Å². The molecule has 28 heavy (non-hydrogen) atoms. The van der Waals surface area contributed by atoms with E-state index in [1.807, 2.05) is 91.9 Å². The summed E-state index contributed by atoms with van der Waals surface area (Å²) in [7, 11) is 0. The number of aryl methyl sites for hydroxylation is 1. The highest BCUT2D eigenvalue weighted by Crippen LogP contribution is 2.40. The number of amides is 2. The Bertz CT molecular complexity index is 1040. The summed E-state index contributed by atoms with van der Waals surface area (Å²) in [5.74, 6) is -0.477. The molecule has 3 nitrogen and oxygen atoms in total. The van der Waals surface area contributed by atoms with Gasteiger partial charge in [0, 0.05) is 4.90 Å². The summed E-state index contributed by atoms with van der Waals surface area (Å²) in [5, 5.41) is 0. The van der Waals surface area contributed by atoms with E-state index in [2.05, 4.69) is 0 Å². The van der Waals surface area contributed by atoms with Crippen molar-refractivity contribution in [1.29, 1.82) is 0 Å². The second kappa shape index (κ2) is 7.87. The Balaban J connectivity index is 1.74. The Hall–Kier alpha value is -3.11. The minimum Gasteiger partial charge on any atom is -0.269 e. The van der Waals surface area contributed by atoms with Crippen molar-refractivity contribution < 1.29 is 9.59 Å². The van der Waals surface area contributed by atoms with Gasteiger partial charge in [-0.3, -0.25) is 14.5 Å². The summed E-state index contributed by atoms with van der Waals surface area (Å²) in [6, 6.07) is 27.0. The van der Waals surface area contributed by atoms with Crippen LogP contribution in [0.1, 0.15) is 16.7 Å². The molecular weight excluding hydrogens is 366 g/mol. The fraction of sp³-hybridized carbons (Fsp3) is 0.0833. The summed E-state index contributed by atoms with van der Waals surface area (Å²) in [4.78, 5) is 29.2. The van der Waals surface area contributed by atoms with Crippen molar-refractivity contribution in [2.75, 3.05) is 0 Å². The Morgan fingerprint density at radius 1 is 0.750 bits per heavy atom. The van der Waals surface area contributed by atoms with Gasteiger partial charge in [-0.2, -0.15) is 0 Å². The molecule has 0 N–H and O–H groups in total. The second-order valence-corrected chi connectivity index (χ2v) is 7.75. The van der Waals surface area contributed by atoms with Crippen molar-refractivity contribution in [3.63, 3.8) is 0 Å². The molecule has 0 aliphatic carbocycles. The fourth-order valence-corrected chi connectivity index (χ4v) is 4.17. The molecule has 0 saturated carbocycles. The number of rotatable bonds is 5. The number of carbonyl (C=O) groups excluding carboxylic acids is 2. The van der Waals surface area contributed by atoms with Gasteiger partial charge in [-0.05, 0) is 30.2 Å². The van der Waals surface area contributed by atoms with Crippen molar-refractivity contribution >= 4 is 29.1 Å². The van der Waals surface area contributed by atoms with Crippen LogP contribution in [0, 0.1) is 6.92 Å². The van der Waals surface area contributed by atoms with E-state index < -0.39 is 0 Å². The first-order valence-electron chi connectivity index (χ1n) is 9.08. The van der Waals surface area contributed by atoms with Crippen LogP contribution >= 0.6 is 11.8 Å². The monoisotopic (exact) mass is 385 g/mol. The normalized spacial score (nSPS) is 14.1. The molecule has 4 rings (SSSR count). The molecule has 138 valence electrons. The number of benzene rings is 3. The standard InChI is InChI=1S/C24H19NO2S/c1-17-12-14-19(15-13-17)21-22(28-20-10-6-3-7-11-20)24(27)25(23(21)26)16-18-8-4-2-5-9-18/h2-15H,16H2,1H3. The van der Waals surface area contributed by atoms with Gasteiger partial charge >= 0.3 is 0 Å². The van der Waals surface area contributed by atoms with Crippen LogP contribution in [0.15, 0.2) is 94.7 Å². The highest BCUT2D eigenvalue weighted by atomic mass is 32.2. The maximum Gasteiger partial charge on any atom is 0.268 e. The third-order valence-electron chi connectivity index (χ3n) is 4.61. The van der Waals surface area contributed by atoms with E-state index in [1.54, 1.807) is 0 Å². The second-order valence-electron chi connectivity index (χ2n) is 6.67. The smallest absolute Gasteiger partial charge is 0.268 e. The van der Waals surface area contributed by atoms with E-state index in [0.717, 1.165) is 21.6 Å². The molecule has 2 amide bonds. The van der Waals surface area contributed by atoms with Crippen LogP contribution in [0.3, 0.4) is 0 Å². The summed E-state index contributed by atoms with van der Waals surface area (Å²) in [6.45, 7) is 2.27. The molecular formula is C24H19NO2S. The zero-order chi connectivity index (χ0) is 19.5. The summed E-state index contributed by atoms with van der Waals surface area (Å²) in [6.07, 6.45) is 0. The third kappa shape index (κ3) is 3.64. The Morgan fingerprint density at radius 2 is 1.36 bits per heavy atom.